The largest absolute Gasteiger partial charge is 0.339 e. The van der Waals surface area contributed by atoms with Crippen molar-refractivity contribution < 1.29 is 9.59 Å². The minimum Gasteiger partial charge on any atom is -0.339 e. The zero-order valence-corrected chi connectivity index (χ0v) is 18.6. The molecule has 6 heteroatoms. The Morgan fingerprint density at radius 2 is 1.86 bits per heavy atom. The molecule has 1 heterocycles. The van der Waals surface area contributed by atoms with Gasteiger partial charge in [-0.3, -0.25) is 9.59 Å². The molecule has 29 heavy (non-hydrogen) atoms. The van der Waals surface area contributed by atoms with Crippen molar-refractivity contribution in [3.8, 4) is 0 Å². The predicted octanol–water partition coefficient (Wildman–Crippen LogP) is 4.48. The van der Waals surface area contributed by atoms with Crippen molar-refractivity contribution in [2.75, 3.05) is 25.5 Å². The van der Waals surface area contributed by atoms with Crippen molar-refractivity contribution in [1.29, 1.82) is 0 Å². The summed E-state index contributed by atoms with van der Waals surface area (Å²) in [6.07, 6.45) is 8.65. The second-order valence-corrected chi connectivity index (χ2v) is 8.59. The predicted molar refractivity (Wildman–Crippen MR) is 121 cm³/mol. The minimum absolute atomic E-state index is 0. The Bertz CT molecular complexity index is 670. The molecule has 1 aliphatic carbocycles. The summed E-state index contributed by atoms with van der Waals surface area (Å²) in [7, 11) is 1.90. The van der Waals surface area contributed by atoms with Crippen molar-refractivity contribution in [2.45, 2.75) is 64.3 Å². The molecule has 2 N–H and O–H groups in total. The van der Waals surface area contributed by atoms with E-state index in [9.17, 15) is 9.59 Å². The average Bonchev–Trinajstić information content (AvgIpc) is 2.74. The van der Waals surface area contributed by atoms with Crippen LogP contribution in [0.3, 0.4) is 0 Å². The number of halogens is 1. The number of hydrogen-bond donors (Lipinski definition) is 2. The van der Waals surface area contributed by atoms with Crippen LogP contribution in [0.4, 0.5) is 5.69 Å². The van der Waals surface area contributed by atoms with Gasteiger partial charge in [0.1, 0.15) is 0 Å². The van der Waals surface area contributed by atoms with Crippen LogP contribution in [0.25, 0.3) is 0 Å². The van der Waals surface area contributed by atoms with Gasteiger partial charge < -0.3 is 15.5 Å². The van der Waals surface area contributed by atoms with Crippen LogP contribution in [-0.4, -0.2) is 42.9 Å². The van der Waals surface area contributed by atoms with Crippen LogP contribution < -0.4 is 10.6 Å². The molecule has 1 aromatic carbocycles. The summed E-state index contributed by atoms with van der Waals surface area (Å²) in [5.41, 5.74) is 1.23. The van der Waals surface area contributed by atoms with Crippen molar-refractivity contribution in [2.24, 2.45) is 11.8 Å². The molecular weight excluding hydrogens is 386 g/mol. The lowest BCUT2D eigenvalue weighted by molar-refractivity contribution is -0.117. The smallest absolute Gasteiger partial charge is 0.255 e. The van der Waals surface area contributed by atoms with Gasteiger partial charge in [-0.2, -0.15) is 0 Å². The van der Waals surface area contributed by atoms with Crippen LogP contribution in [0.1, 0.15) is 68.6 Å². The van der Waals surface area contributed by atoms with Crippen molar-refractivity contribution in [3.63, 3.8) is 0 Å². The molecule has 0 spiro atoms. The second-order valence-electron chi connectivity index (χ2n) is 8.59. The first-order chi connectivity index (χ1) is 13.6. The molecule has 1 aromatic rings. The molecule has 2 atom stereocenters. The molecule has 1 aliphatic heterocycles. The van der Waals surface area contributed by atoms with E-state index in [1.807, 2.05) is 36.2 Å². The van der Waals surface area contributed by atoms with E-state index in [-0.39, 0.29) is 24.2 Å². The van der Waals surface area contributed by atoms with E-state index in [1.54, 1.807) is 0 Å². The van der Waals surface area contributed by atoms with E-state index in [1.165, 1.54) is 32.1 Å². The molecule has 2 amide bonds. The first-order valence-electron chi connectivity index (χ1n) is 10.9. The normalized spacial score (nSPS) is 21.0. The van der Waals surface area contributed by atoms with E-state index in [0.29, 0.717) is 35.5 Å². The zero-order valence-electron chi connectivity index (χ0n) is 17.8. The minimum atomic E-state index is -0.00126. The van der Waals surface area contributed by atoms with E-state index in [4.69, 9.17) is 0 Å². The molecule has 1 saturated heterocycles. The van der Waals surface area contributed by atoms with Crippen molar-refractivity contribution >= 4 is 29.9 Å². The van der Waals surface area contributed by atoms with Gasteiger partial charge in [-0.05, 0) is 62.7 Å². The maximum absolute atomic E-state index is 13.1. The fraction of sp³-hybridized carbons (Fsp3) is 0.652. The monoisotopic (exact) mass is 421 g/mol. The van der Waals surface area contributed by atoms with Crippen LogP contribution in [0, 0.1) is 11.8 Å². The zero-order chi connectivity index (χ0) is 19.9. The molecular formula is C23H36ClN3O2. The Labute approximate surface area is 181 Å². The summed E-state index contributed by atoms with van der Waals surface area (Å²) in [5, 5.41) is 6.44. The summed E-state index contributed by atoms with van der Waals surface area (Å²) >= 11 is 0. The highest BCUT2D eigenvalue weighted by Gasteiger charge is 2.26. The standard InChI is InChI=1S/C23H35N3O2.ClH/c1-17(18-9-8-14-24-16-18)15-22(27)25-21-13-7-6-12-20(21)23(28)26(2)19-10-4-3-5-11-19;/h6-7,12-13,17-19,24H,3-5,8-11,14-16H2,1-2H3,(H,25,27);1H. The topological polar surface area (TPSA) is 61.4 Å². The summed E-state index contributed by atoms with van der Waals surface area (Å²) < 4.78 is 0. The SMILES string of the molecule is CC(CC(=O)Nc1ccccc1C(=O)N(C)C1CCCCC1)C1CCCNC1.Cl. The molecule has 1 saturated carbocycles. The lowest BCUT2D eigenvalue weighted by Gasteiger charge is -2.31. The van der Waals surface area contributed by atoms with Crippen molar-refractivity contribution in [3.05, 3.63) is 29.8 Å². The number of piperidine rings is 1. The van der Waals surface area contributed by atoms with Crippen LogP contribution in [0.2, 0.25) is 0 Å². The van der Waals surface area contributed by atoms with Gasteiger partial charge in [0.2, 0.25) is 5.91 Å². The van der Waals surface area contributed by atoms with E-state index in [0.717, 1.165) is 25.9 Å². The molecule has 162 valence electrons. The summed E-state index contributed by atoms with van der Waals surface area (Å²) in [4.78, 5) is 27.6. The average molecular weight is 422 g/mol. The second kappa shape index (κ2) is 11.6. The third-order valence-corrected chi connectivity index (χ3v) is 6.52. The number of nitrogens with zero attached hydrogens (tertiary/aromatic N) is 1. The van der Waals surface area contributed by atoms with Crippen LogP contribution in [0.5, 0.6) is 0 Å². The number of carbonyl (C=O) groups is 2. The highest BCUT2D eigenvalue weighted by molar-refractivity contribution is 6.03. The number of hydrogen-bond acceptors (Lipinski definition) is 3. The lowest BCUT2D eigenvalue weighted by atomic mass is 9.85. The summed E-state index contributed by atoms with van der Waals surface area (Å²) in [6.45, 7) is 4.24. The van der Waals surface area contributed by atoms with Gasteiger partial charge in [0.25, 0.3) is 5.91 Å². The molecule has 2 aliphatic rings. The number of para-hydroxylation sites is 1. The Balaban J connectivity index is 0.00000300. The number of carbonyl (C=O) groups excluding carboxylic acids is 2. The van der Waals surface area contributed by atoms with Crippen LogP contribution in [0.15, 0.2) is 24.3 Å². The number of benzene rings is 1. The number of amides is 2. The Hall–Kier alpha value is -1.59. The molecule has 0 radical (unpaired) electrons. The summed E-state index contributed by atoms with van der Waals surface area (Å²) in [5.74, 6) is 0.889. The first-order valence-corrected chi connectivity index (χ1v) is 10.9. The number of rotatable bonds is 6. The fourth-order valence-electron chi connectivity index (χ4n) is 4.63. The van der Waals surface area contributed by atoms with Gasteiger partial charge in [-0.15, -0.1) is 12.4 Å². The highest BCUT2D eigenvalue weighted by Crippen LogP contribution is 2.26. The van der Waals surface area contributed by atoms with Crippen LogP contribution in [-0.2, 0) is 4.79 Å². The fourth-order valence-corrected chi connectivity index (χ4v) is 4.63. The molecule has 0 bridgehead atoms. The van der Waals surface area contributed by atoms with Gasteiger partial charge in [-0.25, -0.2) is 0 Å². The molecule has 3 rings (SSSR count). The lowest BCUT2D eigenvalue weighted by Crippen LogP contribution is -2.38. The van der Waals surface area contributed by atoms with E-state index >= 15 is 0 Å². The molecule has 0 aromatic heterocycles. The van der Waals surface area contributed by atoms with Gasteiger partial charge >= 0.3 is 0 Å². The maximum Gasteiger partial charge on any atom is 0.255 e. The molecule has 5 nitrogen and oxygen atoms in total. The van der Waals surface area contributed by atoms with Gasteiger partial charge in [0.05, 0.1) is 11.3 Å². The number of nitrogens with one attached hydrogen (secondary N) is 2. The highest BCUT2D eigenvalue weighted by atomic mass is 35.5. The Morgan fingerprint density at radius 3 is 2.55 bits per heavy atom. The van der Waals surface area contributed by atoms with E-state index < -0.39 is 0 Å². The number of anilines is 1. The third-order valence-electron chi connectivity index (χ3n) is 6.52. The van der Waals surface area contributed by atoms with Crippen molar-refractivity contribution in [1.82, 2.24) is 10.2 Å². The van der Waals surface area contributed by atoms with Gasteiger partial charge in [0, 0.05) is 19.5 Å². The Kier molecular flexibility index (Phi) is 9.44. The Morgan fingerprint density at radius 1 is 1.14 bits per heavy atom. The first kappa shape index (κ1) is 23.7. The maximum atomic E-state index is 13.1. The molecule has 2 fully saturated rings. The quantitative estimate of drug-likeness (QED) is 0.711. The third kappa shape index (κ3) is 6.45. The summed E-state index contributed by atoms with van der Waals surface area (Å²) in [6, 6.07) is 7.72. The van der Waals surface area contributed by atoms with Crippen LogP contribution >= 0.6 is 12.4 Å². The van der Waals surface area contributed by atoms with Gasteiger partial charge in [0.15, 0.2) is 0 Å². The van der Waals surface area contributed by atoms with E-state index in [2.05, 4.69) is 17.6 Å². The molecule has 2 unspecified atom stereocenters. The van der Waals surface area contributed by atoms with Gasteiger partial charge in [-0.1, -0.05) is 38.3 Å².